The summed E-state index contributed by atoms with van der Waals surface area (Å²) in [5.74, 6) is -1.65. The zero-order chi connectivity index (χ0) is 29.7. The molecule has 1 amide bonds. The van der Waals surface area contributed by atoms with Gasteiger partial charge >= 0.3 is 6.18 Å². The molecule has 16 heteroatoms. The van der Waals surface area contributed by atoms with Gasteiger partial charge in [-0.2, -0.15) is 13.2 Å². The van der Waals surface area contributed by atoms with Crippen molar-refractivity contribution in [2.24, 2.45) is 0 Å². The first kappa shape index (κ1) is 29.0. The minimum atomic E-state index is -4.78. The molecule has 2 heterocycles. The fraction of sp³-hybridized carbons (Fsp3) is 0.200. The predicted octanol–water partition coefficient (Wildman–Crippen LogP) is 4.53. The molecule has 3 aromatic carbocycles. The van der Waals surface area contributed by atoms with Gasteiger partial charge in [0, 0.05) is 10.6 Å². The fourth-order valence-electron chi connectivity index (χ4n) is 4.48. The van der Waals surface area contributed by atoms with E-state index in [9.17, 15) is 34.8 Å². The summed E-state index contributed by atoms with van der Waals surface area (Å²) in [5, 5.41) is -1.07. The first-order chi connectivity index (χ1) is 19.1. The van der Waals surface area contributed by atoms with E-state index in [1.807, 2.05) is 0 Å². The SMILES string of the molecule is O=C1C[C@@H](c2ccc(C[C@H](NS(=O)(=O)c3cccc(C(F)(F)F)c3)c3nc4ccc(Cl)cc4[nH]3)cc2F)S(=O)(=O)N1. The number of hydrogen-bond acceptors (Lipinski definition) is 6. The van der Waals surface area contributed by atoms with E-state index in [4.69, 9.17) is 11.6 Å². The van der Waals surface area contributed by atoms with Gasteiger partial charge < -0.3 is 4.98 Å². The van der Waals surface area contributed by atoms with Crippen LogP contribution in [0.15, 0.2) is 65.6 Å². The van der Waals surface area contributed by atoms with Crippen LogP contribution in [0.2, 0.25) is 5.02 Å². The number of halogens is 5. The molecule has 1 aliphatic heterocycles. The maximum atomic E-state index is 15.1. The Balaban J connectivity index is 1.51. The highest BCUT2D eigenvalue weighted by molar-refractivity contribution is 7.90. The zero-order valence-corrected chi connectivity index (χ0v) is 22.9. The number of carbonyl (C=O) groups excluding carboxylic acids is 1. The Morgan fingerprint density at radius 1 is 1.10 bits per heavy atom. The van der Waals surface area contributed by atoms with E-state index in [1.54, 1.807) is 16.9 Å². The van der Waals surface area contributed by atoms with Crippen LogP contribution in [0.1, 0.15) is 40.2 Å². The molecule has 9 nitrogen and oxygen atoms in total. The summed E-state index contributed by atoms with van der Waals surface area (Å²) >= 11 is 6.03. The summed E-state index contributed by atoms with van der Waals surface area (Å²) < 4.78 is 110. The van der Waals surface area contributed by atoms with Crippen molar-refractivity contribution in [3.8, 4) is 0 Å². The van der Waals surface area contributed by atoms with E-state index < -0.39 is 66.1 Å². The molecule has 0 unspecified atom stereocenters. The van der Waals surface area contributed by atoms with Crippen molar-refractivity contribution in [3.63, 3.8) is 0 Å². The number of sulfonamides is 2. The van der Waals surface area contributed by atoms with Gasteiger partial charge in [-0.3, -0.25) is 9.52 Å². The van der Waals surface area contributed by atoms with Crippen LogP contribution in [0.4, 0.5) is 17.6 Å². The van der Waals surface area contributed by atoms with Crippen LogP contribution in [-0.4, -0.2) is 32.7 Å². The number of benzene rings is 3. The summed E-state index contributed by atoms with van der Waals surface area (Å²) in [6, 6.07) is 10.2. The Hall–Kier alpha value is -3.53. The first-order valence-corrected chi connectivity index (χ1v) is 15.2. The van der Waals surface area contributed by atoms with E-state index in [2.05, 4.69) is 14.7 Å². The Morgan fingerprint density at radius 3 is 2.51 bits per heavy atom. The number of amides is 1. The smallest absolute Gasteiger partial charge is 0.341 e. The maximum absolute atomic E-state index is 15.1. The number of nitrogens with zero attached hydrogens (tertiary/aromatic N) is 1. The topological polar surface area (TPSA) is 138 Å². The molecular weight excluding hydrogens is 612 g/mol. The summed E-state index contributed by atoms with van der Waals surface area (Å²) in [5.41, 5.74) is -0.343. The summed E-state index contributed by atoms with van der Waals surface area (Å²) in [6.07, 6.45) is -5.48. The van der Waals surface area contributed by atoms with E-state index in [0.717, 1.165) is 24.3 Å². The number of aromatic amines is 1. The number of nitrogens with one attached hydrogen (secondary N) is 3. The van der Waals surface area contributed by atoms with E-state index in [-0.39, 0.29) is 23.4 Å². The van der Waals surface area contributed by atoms with Crippen molar-refractivity contribution >= 4 is 48.6 Å². The molecule has 216 valence electrons. The van der Waals surface area contributed by atoms with Gasteiger partial charge in [0.25, 0.3) is 0 Å². The molecular formula is C25H19ClF4N4O5S2. The van der Waals surface area contributed by atoms with E-state index in [0.29, 0.717) is 22.1 Å². The van der Waals surface area contributed by atoms with Gasteiger partial charge in [-0.25, -0.2) is 30.9 Å². The van der Waals surface area contributed by atoms with Crippen LogP contribution in [0.3, 0.4) is 0 Å². The van der Waals surface area contributed by atoms with Crippen LogP contribution in [0.25, 0.3) is 11.0 Å². The molecule has 1 saturated heterocycles. The Kier molecular flexibility index (Phi) is 7.34. The van der Waals surface area contributed by atoms with Gasteiger partial charge in [0.1, 0.15) is 16.9 Å². The summed E-state index contributed by atoms with van der Waals surface area (Å²) in [6.45, 7) is 0. The number of alkyl halides is 3. The summed E-state index contributed by atoms with van der Waals surface area (Å²) in [7, 11) is -8.68. The number of fused-ring (bicyclic) bond motifs is 1. The van der Waals surface area contributed by atoms with Gasteiger partial charge in [0.2, 0.25) is 26.0 Å². The summed E-state index contributed by atoms with van der Waals surface area (Å²) in [4.78, 5) is 18.2. The molecule has 3 N–H and O–H groups in total. The first-order valence-electron chi connectivity index (χ1n) is 11.8. The second-order valence-corrected chi connectivity index (χ2v) is 13.3. The molecule has 2 atom stereocenters. The lowest BCUT2D eigenvalue weighted by Gasteiger charge is -2.18. The van der Waals surface area contributed by atoms with Crippen molar-refractivity contribution in [3.05, 3.63) is 94.0 Å². The number of aromatic nitrogens is 2. The van der Waals surface area contributed by atoms with Crippen molar-refractivity contribution in [1.82, 2.24) is 19.4 Å². The highest BCUT2D eigenvalue weighted by Gasteiger charge is 2.39. The molecule has 4 aromatic rings. The molecule has 0 bridgehead atoms. The highest BCUT2D eigenvalue weighted by Crippen LogP contribution is 2.34. The van der Waals surface area contributed by atoms with Crippen LogP contribution in [-0.2, 0) is 37.4 Å². The lowest BCUT2D eigenvalue weighted by atomic mass is 10.0. The third kappa shape index (κ3) is 6.07. The predicted molar refractivity (Wildman–Crippen MR) is 140 cm³/mol. The van der Waals surface area contributed by atoms with Crippen molar-refractivity contribution in [2.75, 3.05) is 0 Å². The molecule has 41 heavy (non-hydrogen) atoms. The number of carbonyl (C=O) groups is 1. The fourth-order valence-corrected chi connectivity index (χ4v) is 7.33. The maximum Gasteiger partial charge on any atom is 0.416 e. The molecule has 0 aliphatic carbocycles. The Bertz CT molecular complexity index is 1900. The van der Waals surface area contributed by atoms with Gasteiger partial charge in [0.15, 0.2) is 0 Å². The van der Waals surface area contributed by atoms with Crippen LogP contribution < -0.4 is 9.44 Å². The van der Waals surface area contributed by atoms with Crippen LogP contribution in [0, 0.1) is 5.82 Å². The lowest BCUT2D eigenvalue weighted by molar-refractivity contribution is -0.137. The normalized spacial score (nSPS) is 18.0. The van der Waals surface area contributed by atoms with Crippen molar-refractivity contribution in [2.45, 2.75) is 35.2 Å². The van der Waals surface area contributed by atoms with Crippen molar-refractivity contribution in [1.29, 1.82) is 0 Å². The number of imidazole rings is 1. The molecule has 1 fully saturated rings. The average Bonchev–Trinajstić information content (AvgIpc) is 3.41. The van der Waals surface area contributed by atoms with Gasteiger partial charge in [-0.05, 0) is 54.4 Å². The monoisotopic (exact) mass is 630 g/mol. The van der Waals surface area contributed by atoms with Crippen LogP contribution >= 0.6 is 11.6 Å². The van der Waals surface area contributed by atoms with Crippen LogP contribution in [0.5, 0.6) is 0 Å². The standard InChI is InChI=1S/C25H19ClF4N4O5S2/c26-15-5-7-19-20(11-15)32-24(31-19)21(33-40(36,37)16-3-1-2-14(10-16)25(28,29)30)9-13-4-6-17(18(27)8-13)22-12-23(35)34-41(22,38)39/h1-8,10-11,21-22,33H,9,12H2,(H,31,32)(H,34,35)/t21-,22-/m0/s1. The number of rotatable bonds is 7. The minimum Gasteiger partial charge on any atom is -0.341 e. The van der Waals surface area contributed by atoms with Crippen molar-refractivity contribution < 1.29 is 39.2 Å². The van der Waals surface area contributed by atoms with E-state index >= 15 is 4.39 Å². The molecule has 1 aliphatic rings. The van der Waals surface area contributed by atoms with Gasteiger partial charge in [0.05, 0.1) is 34.0 Å². The second kappa shape index (κ2) is 10.4. The highest BCUT2D eigenvalue weighted by atomic mass is 35.5. The molecule has 5 rings (SSSR count). The van der Waals surface area contributed by atoms with Gasteiger partial charge in [-0.1, -0.05) is 29.8 Å². The largest absolute Gasteiger partial charge is 0.416 e. The second-order valence-electron chi connectivity index (χ2n) is 9.31. The molecule has 0 spiro atoms. The zero-order valence-electron chi connectivity index (χ0n) is 20.5. The Labute approximate surface area is 236 Å². The van der Waals surface area contributed by atoms with E-state index in [1.165, 1.54) is 18.2 Å². The molecule has 1 aromatic heterocycles. The molecule has 0 radical (unpaired) electrons. The number of H-pyrrole nitrogens is 1. The molecule has 0 saturated carbocycles. The lowest BCUT2D eigenvalue weighted by Crippen LogP contribution is -2.31. The quantitative estimate of drug-likeness (QED) is 0.257. The van der Waals surface area contributed by atoms with Gasteiger partial charge in [-0.15, -0.1) is 0 Å². The minimum absolute atomic E-state index is 0.0652. The Morgan fingerprint density at radius 2 is 1.85 bits per heavy atom. The average molecular weight is 631 g/mol. The number of hydrogen-bond donors (Lipinski definition) is 3. The third-order valence-corrected chi connectivity index (χ3v) is 9.80. The third-order valence-electron chi connectivity index (χ3n) is 6.41.